The van der Waals surface area contributed by atoms with Crippen molar-refractivity contribution in [2.75, 3.05) is 24.6 Å². The Morgan fingerprint density at radius 2 is 1.96 bits per heavy atom. The Hall–Kier alpha value is -2.30. The van der Waals surface area contributed by atoms with Crippen molar-refractivity contribution in [3.63, 3.8) is 0 Å². The van der Waals surface area contributed by atoms with Crippen LogP contribution in [0.3, 0.4) is 0 Å². The first kappa shape index (κ1) is 20.0. The van der Waals surface area contributed by atoms with Crippen molar-refractivity contribution >= 4 is 27.7 Å². The molecule has 0 aliphatic carbocycles. The van der Waals surface area contributed by atoms with E-state index in [0.717, 1.165) is 23.9 Å². The van der Waals surface area contributed by atoms with Gasteiger partial charge >= 0.3 is 5.95 Å². The van der Waals surface area contributed by atoms with Gasteiger partial charge in [0.25, 0.3) is 0 Å². The van der Waals surface area contributed by atoms with Gasteiger partial charge in [0.1, 0.15) is 5.69 Å². The van der Waals surface area contributed by atoms with Gasteiger partial charge in [-0.05, 0) is 37.6 Å². The van der Waals surface area contributed by atoms with Gasteiger partial charge in [0.2, 0.25) is 10.4 Å². The van der Waals surface area contributed by atoms with E-state index >= 15 is 0 Å². The molecule has 0 N–H and O–H groups in total. The zero-order chi connectivity index (χ0) is 19.2. The molecule has 1 heterocycles. The summed E-state index contributed by atoms with van der Waals surface area (Å²) < 4.78 is 39.3. The molecule has 26 heavy (non-hydrogen) atoms. The van der Waals surface area contributed by atoms with Gasteiger partial charge in [-0.2, -0.15) is 0 Å². The van der Waals surface area contributed by atoms with Crippen molar-refractivity contribution in [1.82, 2.24) is 4.57 Å². The molecule has 0 fully saturated rings. The number of hydrogen-bond acceptors (Lipinski definition) is 7. The van der Waals surface area contributed by atoms with Crippen molar-refractivity contribution < 1.29 is 21.7 Å². The number of aryl methyl sites for hydroxylation is 2. The Balaban J connectivity index is 1.96. The van der Waals surface area contributed by atoms with E-state index < -0.39 is 10.4 Å². The number of rotatable bonds is 9. The second kappa shape index (κ2) is 8.88. The van der Waals surface area contributed by atoms with Crippen molar-refractivity contribution in [3.8, 4) is 0 Å². The summed E-state index contributed by atoms with van der Waals surface area (Å²) in [6, 6.07) is 7.58. The highest BCUT2D eigenvalue weighted by molar-refractivity contribution is 7.80. The zero-order valence-electron chi connectivity index (χ0n) is 15.1. The minimum Gasteiger partial charge on any atom is -0.726 e. The quantitative estimate of drug-likeness (QED) is 0.217. The normalized spacial score (nSPS) is 12.0. The van der Waals surface area contributed by atoms with Crippen LogP contribution in [-0.2, 0) is 28.7 Å². The molecular weight excluding hydrogens is 358 g/mol. The molecule has 0 unspecified atom stereocenters. The summed E-state index contributed by atoms with van der Waals surface area (Å²) in [4.78, 5) is 2.05. The zero-order valence-corrected chi connectivity index (χ0v) is 15.9. The van der Waals surface area contributed by atoms with Crippen LogP contribution in [0.1, 0.15) is 13.3 Å². The van der Waals surface area contributed by atoms with Gasteiger partial charge in [0.15, 0.2) is 0 Å². The third-order valence-corrected chi connectivity index (χ3v) is 4.25. The average molecular weight is 381 g/mol. The molecule has 0 aliphatic heterocycles. The lowest BCUT2D eigenvalue weighted by Gasteiger charge is -2.23. The Morgan fingerprint density at radius 1 is 1.27 bits per heavy atom. The van der Waals surface area contributed by atoms with Gasteiger partial charge in [0.05, 0.1) is 33.1 Å². The fourth-order valence-electron chi connectivity index (χ4n) is 2.44. The van der Waals surface area contributed by atoms with Crippen LogP contribution in [0.2, 0.25) is 0 Å². The molecule has 10 heteroatoms. The SMILES string of the molecule is CCN(CCCOS(=O)(=O)[O-])c1ccc(N=Nc2n(C)cc[n+]2C)cc1. The molecule has 0 radical (unpaired) electrons. The number of imidazole rings is 1. The minimum absolute atomic E-state index is 0.123. The summed E-state index contributed by atoms with van der Waals surface area (Å²) in [6.07, 6.45) is 4.23. The van der Waals surface area contributed by atoms with Crippen LogP contribution in [0.4, 0.5) is 17.3 Å². The Bertz CT molecular complexity index is 827. The molecule has 0 aliphatic rings. The molecule has 0 spiro atoms. The minimum atomic E-state index is -4.63. The van der Waals surface area contributed by atoms with E-state index in [1.165, 1.54) is 0 Å². The highest BCUT2D eigenvalue weighted by atomic mass is 32.3. The Kier molecular flexibility index (Phi) is 6.83. The molecule has 9 nitrogen and oxygen atoms in total. The predicted molar refractivity (Wildman–Crippen MR) is 95.4 cm³/mol. The first-order valence-corrected chi connectivity index (χ1v) is 9.51. The molecule has 0 saturated heterocycles. The highest BCUT2D eigenvalue weighted by Gasteiger charge is 2.10. The smallest absolute Gasteiger partial charge is 0.421 e. The lowest BCUT2D eigenvalue weighted by Crippen LogP contribution is -2.25. The number of nitrogens with zero attached hydrogens (tertiary/aromatic N) is 5. The molecule has 0 saturated carbocycles. The lowest BCUT2D eigenvalue weighted by molar-refractivity contribution is -0.657. The maximum atomic E-state index is 10.4. The standard InChI is InChI=1S/C16H23N5O4S/c1-4-21(10-5-13-25-26(22,23)24)15-8-6-14(7-9-15)17-18-16-19(2)11-12-20(16)3/h6-9,11-12H,4-5,10,13H2,1-3H3. The summed E-state index contributed by atoms with van der Waals surface area (Å²) in [7, 11) is -0.823. The van der Waals surface area contributed by atoms with Gasteiger partial charge in [0, 0.05) is 23.9 Å². The van der Waals surface area contributed by atoms with Crippen molar-refractivity contribution in [2.45, 2.75) is 13.3 Å². The monoisotopic (exact) mass is 381 g/mol. The second-order valence-corrected chi connectivity index (χ2v) is 6.75. The topological polar surface area (TPSA) is 103 Å². The van der Waals surface area contributed by atoms with Crippen LogP contribution < -0.4 is 9.47 Å². The third-order valence-electron chi connectivity index (χ3n) is 3.80. The van der Waals surface area contributed by atoms with E-state index in [9.17, 15) is 13.0 Å². The molecule has 2 aromatic rings. The molecule has 0 atom stereocenters. The number of anilines is 1. The summed E-state index contributed by atoms with van der Waals surface area (Å²) in [5, 5.41) is 8.49. The molecular formula is C16H23N5O4S. The highest BCUT2D eigenvalue weighted by Crippen LogP contribution is 2.21. The van der Waals surface area contributed by atoms with Crippen LogP contribution in [-0.4, -0.2) is 37.2 Å². The summed E-state index contributed by atoms with van der Waals surface area (Å²) in [6.45, 7) is 3.19. The fraction of sp³-hybridized carbons (Fsp3) is 0.438. The van der Waals surface area contributed by atoms with E-state index in [1.54, 1.807) is 0 Å². The van der Waals surface area contributed by atoms with Crippen LogP contribution in [0.5, 0.6) is 0 Å². The Morgan fingerprint density at radius 3 is 2.50 bits per heavy atom. The molecule has 1 aromatic heterocycles. The predicted octanol–water partition coefficient (Wildman–Crippen LogP) is 1.96. The number of hydrogen-bond donors (Lipinski definition) is 0. The van der Waals surface area contributed by atoms with Gasteiger partial charge < -0.3 is 9.45 Å². The van der Waals surface area contributed by atoms with Crippen molar-refractivity contribution in [1.29, 1.82) is 0 Å². The lowest BCUT2D eigenvalue weighted by atomic mass is 10.2. The van der Waals surface area contributed by atoms with E-state index in [4.69, 9.17) is 0 Å². The molecule has 1 aromatic carbocycles. The van der Waals surface area contributed by atoms with Crippen molar-refractivity contribution in [3.05, 3.63) is 36.7 Å². The number of aromatic nitrogens is 2. The fourth-order valence-corrected chi connectivity index (χ4v) is 2.76. The van der Waals surface area contributed by atoms with Crippen molar-refractivity contribution in [2.24, 2.45) is 24.3 Å². The van der Waals surface area contributed by atoms with Gasteiger partial charge in [-0.3, -0.25) is 4.18 Å². The Labute approximate surface area is 153 Å². The van der Waals surface area contributed by atoms with E-state index in [0.29, 0.717) is 13.0 Å². The maximum Gasteiger partial charge on any atom is 0.421 e. The molecule has 0 amide bonds. The average Bonchev–Trinajstić information content (AvgIpc) is 2.91. The van der Waals surface area contributed by atoms with E-state index in [1.807, 2.05) is 66.8 Å². The van der Waals surface area contributed by atoms with Gasteiger partial charge in [-0.25, -0.2) is 17.6 Å². The first-order valence-electron chi connectivity index (χ1n) is 8.18. The summed E-state index contributed by atoms with van der Waals surface area (Å²) in [5.74, 6) is 0.734. The second-order valence-electron chi connectivity index (χ2n) is 5.70. The number of benzene rings is 1. The molecule has 0 bridgehead atoms. The van der Waals surface area contributed by atoms with E-state index in [-0.39, 0.29) is 6.61 Å². The van der Waals surface area contributed by atoms with Crippen LogP contribution in [0, 0.1) is 0 Å². The summed E-state index contributed by atoms with van der Waals surface area (Å²) in [5.41, 5.74) is 1.70. The molecule has 2 rings (SSSR count). The van der Waals surface area contributed by atoms with Crippen LogP contribution in [0.25, 0.3) is 0 Å². The van der Waals surface area contributed by atoms with E-state index in [2.05, 4.69) is 19.3 Å². The maximum absolute atomic E-state index is 10.4. The molecule has 142 valence electrons. The third kappa shape index (κ3) is 5.90. The van der Waals surface area contributed by atoms with Gasteiger partial charge in [-0.15, -0.1) is 0 Å². The van der Waals surface area contributed by atoms with Crippen LogP contribution in [0.15, 0.2) is 46.9 Å². The van der Waals surface area contributed by atoms with Gasteiger partial charge in [-0.1, -0.05) is 5.11 Å². The first-order chi connectivity index (χ1) is 12.3. The summed E-state index contributed by atoms with van der Waals surface area (Å²) >= 11 is 0. The number of azo groups is 1. The largest absolute Gasteiger partial charge is 0.726 e. The van der Waals surface area contributed by atoms with Crippen LogP contribution >= 0.6 is 0 Å².